The highest BCUT2D eigenvalue weighted by molar-refractivity contribution is 5.18. The number of aromatic amines is 2. The normalized spacial score (nSPS) is 10.7. The van der Waals surface area contributed by atoms with Gasteiger partial charge in [0.05, 0.1) is 12.4 Å². The van der Waals surface area contributed by atoms with Crippen LogP contribution in [0.5, 0.6) is 0 Å². The summed E-state index contributed by atoms with van der Waals surface area (Å²) >= 11 is 0. The van der Waals surface area contributed by atoms with Crippen LogP contribution in [-0.2, 0) is 0 Å². The number of H-pyrrole nitrogens is 2. The van der Waals surface area contributed by atoms with E-state index < -0.39 is 0 Å². The summed E-state index contributed by atoms with van der Waals surface area (Å²) < 4.78 is 0. The molecule has 0 fully saturated rings. The van der Waals surface area contributed by atoms with Crippen molar-refractivity contribution in [2.75, 3.05) is 0 Å². The first kappa shape index (κ1) is 14.5. The van der Waals surface area contributed by atoms with E-state index in [9.17, 15) is 0 Å². The van der Waals surface area contributed by atoms with Crippen molar-refractivity contribution in [1.29, 1.82) is 0 Å². The summed E-state index contributed by atoms with van der Waals surface area (Å²) in [5.74, 6) is 1.17. The van der Waals surface area contributed by atoms with Crippen molar-refractivity contribution >= 4 is 0 Å². The van der Waals surface area contributed by atoms with Crippen molar-refractivity contribution in [3.05, 3.63) is 34.9 Å². The van der Waals surface area contributed by atoms with Crippen molar-refractivity contribution < 1.29 is 0 Å². The number of rotatable bonds is 2. The number of hydrogen-bond acceptors (Lipinski definition) is 2. The van der Waals surface area contributed by atoms with Crippen LogP contribution in [0, 0.1) is 13.8 Å². The second-order valence-electron chi connectivity index (χ2n) is 5.21. The molecule has 0 amide bonds. The molecule has 0 saturated heterocycles. The maximum atomic E-state index is 3.92. The number of aromatic nitrogens is 4. The third-order valence-corrected chi connectivity index (χ3v) is 2.98. The molecule has 0 aliphatic heterocycles. The first-order valence-electron chi connectivity index (χ1n) is 6.43. The summed E-state index contributed by atoms with van der Waals surface area (Å²) in [5, 5.41) is 13.6. The lowest BCUT2D eigenvalue weighted by atomic mass is 10.1. The zero-order valence-corrected chi connectivity index (χ0v) is 12.2. The van der Waals surface area contributed by atoms with Gasteiger partial charge in [-0.3, -0.25) is 10.2 Å². The standard InChI is InChI=1S/2C7H12N2/c2*1-5(2)7-4-8-9-6(7)3/h2*4-5H,1-3H3,(H,8,9). The van der Waals surface area contributed by atoms with E-state index in [0.717, 1.165) is 0 Å². The van der Waals surface area contributed by atoms with Gasteiger partial charge in [-0.25, -0.2) is 0 Å². The van der Waals surface area contributed by atoms with Gasteiger partial charge in [-0.15, -0.1) is 0 Å². The Labute approximate surface area is 109 Å². The topological polar surface area (TPSA) is 57.4 Å². The molecule has 4 heteroatoms. The zero-order chi connectivity index (χ0) is 13.7. The maximum absolute atomic E-state index is 3.92. The quantitative estimate of drug-likeness (QED) is 0.851. The van der Waals surface area contributed by atoms with Crippen LogP contribution in [-0.4, -0.2) is 20.4 Å². The number of nitrogens with one attached hydrogen (secondary N) is 2. The predicted molar refractivity (Wildman–Crippen MR) is 74.8 cm³/mol. The van der Waals surface area contributed by atoms with Gasteiger partial charge in [0, 0.05) is 11.4 Å². The molecule has 0 aliphatic carbocycles. The van der Waals surface area contributed by atoms with E-state index >= 15 is 0 Å². The van der Waals surface area contributed by atoms with E-state index in [1.165, 1.54) is 22.5 Å². The Kier molecular flexibility index (Phi) is 5.13. The Balaban J connectivity index is 0.000000180. The van der Waals surface area contributed by atoms with Crippen molar-refractivity contribution in [3.63, 3.8) is 0 Å². The van der Waals surface area contributed by atoms with Crippen LogP contribution in [0.4, 0.5) is 0 Å². The molecule has 100 valence electrons. The van der Waals surface area contributed by atoms with Gasteiger partial charge in [0.15, 0.2) is 0 Å². The smallest absolute Gasteiger partial charge is 0.0524 e. The van der Waals surface area contributed by atoms with E-state index in [-0.39, 0.29) is 0 Å². The summed E-state index contributed by atoms with van der Waals surface area (Å²) in [6.45, 7) is 12.7. The molecule has 0 aromatic carbocycles. The summed E-state index contributed by atoms with van der Waals surface area (Å²) in [7, 11) is 0. The molecular formula is C14H24N4. The minimum Gasteiger partial charge on any atom is -0.283 e. The molecular weight excluding hydrogens is 224 g/mol. The average molecular weight is 248 g/mol. The molecule has 0 unspecified atom stereocenters. The molecule has 2 N–H and O–H groups in total. The Morgan fingerprint density at radius 1 is 0.778 bits per heavy atom. The van der Waals surface area contributed by atoms with Gasteiger partial charge in [-0.05, 0) is 36.8 Å². The summed E-state index contributed by atoms with van der Waals surface area (Å²) in [6.07, 6.45) is 3.78. The van der Waals surface area contributed by atoms with E-state index in [2.05, 4.69) is 48.1 Å². The predicted octanol–water partition coefficient (Wildman–Crippen LogP) is 3.68. The van der Waals surface area contributed by atoms with Gasteiger partial charge in [-0.2, -0.15) is 10.2 Å². The zero-order valence-electron chi connectivity index (χ0n) is 12.2. The van der Waals surface area contributed by atoms with Crippen LogP contribution in [0.15, 0.2) is 12.4 Å². The molecule has 0 saturated carbocycles. The van der Waals surface area contributed by atoms with Gasteiger partial charge < -0.3 is 0 Å². The van der Waals surface area contributed by atoms with E-state index in [4.69, 9.17) is 0 Å². The fourth-order valence-corrected chi connectivity index (χ4v) is 1.88. The molecule has 0 atom stereocenters. The lowest BCUT2D eigenvalue weighted by Gasteiger charge is -1.99. The molecule has 2 heterocycles. The van der Waals surface area contributed by atoms with Crippen molar-refractivity contribution in [2.45, 2.75) is 53.4 Å². The maximum Gasteiger partial charge on any atom is 0.0524 e. The van der Waals surface area contributed by atoms with E-state index in [1.54, 1.807) is 0 Å². The van der Waals surface area contributed by atoms with E-state index in [0.29, 0.717) is 11.8 Å². The second kappa shape index (κ2) is 6.38. The van der Waals surface area contributed by atoms with Gasteiger partial charge in [0.1, 0.15) is 0 Å². The number of hydrogen-bond donors (Lipinski definition) is 2. The van der Waals surface area contributed by atoms with Crippen LogP contribution in [0.2, 0.25) is 0 Å². The molecule has 0 spiro atoms. The third-order valence-electron chi connectivity index (χ3n) is 2.98. The highest BCUT2D eigenvalue weighted by atomic mass is 15.1. The summed E-state index contributed by atoms with van der Waals surface area (Å²) in [6, 6.07) is 0. The Hall–Kier alpha value is -1.58. The molecule has 2 rings (SSSR count). The van der Waals surface area contributed by atoms with Crippen LogP contribution in [0.25, 0.3) is 0 Å². The lowest BCUT2D eigenvalue weighted by molar-refractivity contribution is 0.857. The van der Waals surface area contributed by atoms with Gasteiger partial charge >= 0.3 is 0 Å². The van der Waals surface area contributed by atoms with Gasteiger partial charge in [-0.1, -0.05) is 27.7 Å². The SMILES string of the molecule is Cc1[nH]ncc1C(C)C.Cc1[nH]ncc1C(C)C. The molecule has 0 aliphatic rings. The highest BCUT2D eigenvalue weighted by Gasteiger charge is 2.03. The Bertz CT molecular complexity index is 421. The molecule has 0 radical (unpaired) electrons. The molecule has 0 bridgehead atoms. The van der Waals surface area contributed by atoms with Crippen LogP contribution in [0.3, 0.4) is 0 Å². The molecule has 2 aromatic rings. The summed E-state index contributed by atoms with van der Waals surface area (Å²) in [4.78, 5) is 0. The average Bonchev–Trinajstić information content (AvgIpc) is 2.87. The van der Waals surface area contributed by atoms with Crippen molar-refractivity contribution in [3.8, 4) is 0 Å². The van der Waals surface area contributed by atoms with E-state index in [1.807, 2.05) is 26.2 Å². The van der Waals surface area contributed by atoms with Crippen LogP contribution >= 0.6 is 0 Å². The summed E-state index contributed by atoms with van der Waals surface area (Å²) in [5.41, 5.74) is 5.00. The number of aryl methyl sites for hydroxylation is 2. The first-order chi connectivity index (χ1) is 8.43. The van der Waals surface area contributed by atoms with Crippen molar-refractivity contribution in [2.24, 2.45) is 0 Å². The largest absolute Gasteiger partial charge is 0.283 e. The third kappa shape index (κ3) is 3.72. The Morgan fingerprint density at radius 2 is 1.11 bits per heavy atom. The Morgan fingerprint density at radius 3 is 1.22 bits per heavy atom. The minimum atomic E-state index is 0.587. The molecule has 4 nitrogen and oxygen atoms in total. The minimum absolute atomic E-state index is 0.587. The monoisotopic (exact) mass is 248 g/mol. The van der Waals surface area contributed by atoms with Crippen LogP contribution < -0.4 is 0 Å². The second-order valence-corrected chi connectivity index (χ2v) is 5.21. The van der Waals surface area contributed by atoms with Crippen LogP contribution in [0.1, 0.15) is 62.0 Å². The number of nitrogens with zero attached hydrogens (tertiary/aromatic N) is 2. The molecule has 18 heavy (non-hydrogen) atoms. The first-order valence-corrected chi connectivity index (χ1v) is 6.43. The lowest BCUT2D eigenvalue weighted by Crippen LogP contribution is -1.86. The fourth-order valence-electron chi connectivity index (χ4n) is 1.88. The van der Waals surface area contributed by atoms with Gasteiger partial charge in [0.25, 0.3) is 0 Å². The fraction of sp³-hybridized carbons (Fsp3) is 0.571. The van der Waals surface area contributed by atoms with Crippen molar-refractivity contribution in [1.82, 2.24) is 20.4 Å². The van der Waals surface area contributed by atoms with Gasteiger partial charge in [0.2, 0.25) is 0 Å². The molecule has 2 aromatic heterocycles. The highest BCUT2D eigenvalue weighted by Crippen LogP contribution is 2.15.